The SMILES string of the molecule is COc1ccc(-c2csc(=Nc3ccccc3C)n2N2CCOCC2)cc1OC. The van der Waals surface area contributed by atoms with Gasteiger partial charge < -0.3 is 19.2 Å². The molecular weight excluding hydrogens is 386 g/mol. The molecule has 0 atom stereocenters. The molecule has 0 saturated carbocycles. The van der Waals surface area contributed by atoms with Gasteiger partial charge in [0.2, 0.25) is 4.80 Å². The van der Waals surface area contributed by atoms with E-state index >= 15 is 0 Å². The fourth-order valence-electron chi connectivity index (χ4n) is 3.39. The Morgan fingerprint density at radius 2 is 1.76 bits per heavy atom. The van der Waals surface area contributed by atoms with Crippen molar-refractivity contribution in [1.82, 2.24) is 4.68 Å². The van der Waals surface area contributed by atoms with Crippen LogP contribution in [0.2, 0.25) is 0 Å². The van der Waals surface area contributed by atoms with Crippen LogP contribution in [0.15, 0.2) is 52.8 Å². The van der Waals surface area contributed by atoms with Crippen molar-refractivity contribution in [2.24, 2.45) is 4.99 Å². The molecule has 1 saturated heterocycles. The van der Waals surface area contributed by atoms with E-state index in [1.165, 1.54) is 0 Å². The van der Waals surface area contributed by atoms with Gasteiger partial charge in [-0.15, -0.1) is 11.3 Å². The maximum absolute atomic E-state index is 5.57. The van der Waals surface area contributed by atoms with Gasteiger partial charge in [0.25, 0.3) is 0 Å². The third kappa shape index (κ3) is 4.02. The van der Waals surface area contributed by atoms with Gasteiger partial charge in [0.05, 0.1) is 51.9 Å². The van der Waals surface area contributed by atoms with E-state index in [1.807, 2.05) is 24.3 Å². The van der Waals surface area contributed by atoms with Crippen LogP contribution in [-0.2, 0) is 4.74 Å². The van der Waals surface area contributed by atoms with Crippen LogP contribution in [0.5, 0.6) is 11.5 Å². The predicted octanol–water partition coefficient (Wildman–Crippen LogP) is 3.74. The summed E-state index contributed by atoms with van der Waals surface area (Å²) >= 11 is 1.63. The van der Waals surface area contributed by atoms with E-state index in [0.717, 1.165) is 40.4 Å². The van der Waals surface area contributed by atoms with Crippen LogP contribution in [0.25, 0.3) is 11.3 Å². The lowest BCUT2D eigenvalue weighted by molar-refractivity contribution is 0.111. The first-order chi connectivity index (χ1) is 14.2. The van der Waals surface area contributed by atoms with Gasteiger partial charge in [0.1, 0.15) is 0 Å². The number of methoxy groups -OCH3 is 2. The summed E-state index contributed by atoms with van der Waals surface area (Å²) in [5, 5.41) is 4.44. The Kier molecular flexibility index (Phi) is 5.87. The van der Waals surface area contributed by atoms with Gasteiger partial charge in [0.15, 0.2) is 11.5 Å². The van der Waals surface area contributed by atoms with Gasteiger partial charge in [-0.1, -0.05) is 18.2 Å². The molecule has 0 bridgehead atoms. The molecule has 4 rings (SSSR count). The summed E-state index contributed by atoms with van der Waals surface area (Å²) in [4.78, 5) is 5.92. The second kappa shape index (κ2) is 8.71. The van der Waals surface area contributed by atoms with Gasteiger partial charge in [-0.3, -0.25) is 0 Å². The molecule has 1 aliphatic rings. The van der Waals surface area contributed by atoms with Crippen LogP contribution in [-0.4, -0.2) is 45.2 Å². The molecule has 7 heteroatoms. The lowest BCUT2D eigenvalue weighted by Crippen LogP contribution is -2.48. The number of morpholine rings is 1. The highest BCUT2D eigenvalue weighted by atomic mass is 32.1. The number of ether oxygens (including phenoxy) is 3. The Morgan fingerprint density at radius 3 is 2.48 bits per heavy atom. The lowest BCUT2D eigenvalue weighted by atomic mass is 10.1. The van der Waals surface area contributed by atoms with Crippen molar-refractivity contribution >= 4 is 17.0 Å². The standard InChI is InChI=1S/C22H25N3O3S/c1-16-6-4-5-7-18(16)23-22-25(24-10-12-28-13-11-24)19(15-29-22)17-8-9-20(26-2)21(14-17)27-3/h4-9,14-15H,10-13H2,1-3H3. The second-order valence-corrected chi connectivity index (χ2v) is 7.59. The first-order valence-corrected chi connectivity index (χ1v) is 10.5. The minimum Gasteiger partial charge on any atom is -0.493 e. The van der Waals surface area contributed by atoms with Crippen LogP contribution < -0.4 is 19.3 Å². The van der Waals surface area contributed by atoms with Crippen molar-refractivity contribution in [2.45, 2.75) is 6.92 Å². The zero-order valence-corrected chi connectivity index (χ0v) is 17.7. The zero-order valence-electron chi connectivity index (χ0n) is 16.9. The molecule has 0 N–H and O–H groups in total. The maximum Gasteiger partial charge on any atom is 0.209 e. The Bertz CT molecular complexity index is 1050. The minimum absolute atomic E-state index is 0.706. The number of benzene rings is 2. The van der Waals surface area contributed by atoms with Crippen molar-refractivity contribution in [3.8, 4) is 22.8 Å². The fourth-order valence-corrected chi connectivity index (χ4v) is 4.31. The summed E-state index contributed by atoms with van der Waals surface area (Å²) in [5.41, 5.74) is 4.26. The number of aryl methyl sites for hydroxylation is 1. The molecule has 1 aromatic heterocycles. The first kappa shape index (κ1) is 19.5. The van der Waals surface area contributed by atoms with Crippen molar-refractivity contribution in [2.75, 3.05) is 45.5 Å². The lowest BCUT2D eigenvalue weighted by Gasteiger charge is -2.31. The van der Waals surface area contributed by atoms with Crippen LogP contribution in [0.3, 0.4) is 0 Å². The quantitative estimate of drug-likeness (QED) is 0.642. The summed E-state index contributed by atoms with van der Waals surface area (Å²) in [6.45, 7) is 5.13. The number of thiazole rings is 1. The van der Waals surface area contributed by atoms with E-state index in [0.29, 0.717) is 24.7 Å². The summed E-state index contributed by atoms with van der Waals surface area (Å²) in [5.74, 6) is 1.43. The number of nitrogens with zero attached hydrogens (tertiary/aromatic N) is 3. The molecule has 1 aliphatic heterocycles. The average molecular weight is 412 g/mol. The summed E-state index contributed by atoms with van der Waals surface area (Å²) < 4.78 is 18.7. The highest BCUT2D eigenvalue weighted by Crippen LogP contribution is 2.32. The molecule has 2 aromatic carbocycles. The van der Waals surface area contributed by atoms with Gasteiger partial charge in [-0.05, 0) is 36.8 Å². The van der Waals surface area contributed by atoms with Crippen LogP contribution in [0.4, 0.5) is 5.69 Å². The van der Waals surface area contributed by atoms with E-state index in [4.69, 9.17) is 19.2 Å². The van der Waals surface area contributed by atoms with E-state index in [9.17, 15) is 0 Å². The molecule has 0 aliphatic carbocycles. The maximum atomic E-state index is 5.57. The Hall–Kier alpha value is -2.77. The van der Waals surface area contributed by atoms with E-state index < -0.39 is 0 Å². The highest BCUT2D eigenvalue weighted by molar-refractivity contribution is 7.07. The Morgan fingerprint density at radius 1 is 1.00 bits per heavy atom. The number of aromatic nitrogens is 1. The number of para-hydroxylation sites is 1. The molecule has 0 amide bonds. The highest BCUT2D eigenvalue weighted by Gasteiger charge is 2.18. The van der Waals surface area contributed by atoms with Gasteiger partial charge in [-0.2, -0.15) is 0 Å². The fraction of sp³-hybridized carbons (Fsp3) is 0.318. The molecule has 0 unspecified atom stereocenters. The molecule has 6 nitrogen and oxygen atoms in total. The van der Waals surface area contributed by atoms with Crippen molar-refractivity contribution in [3.05, 3.63) is 58.2 Å². The molecule has 29 heavy (non-hydrogen) atoms. The molecule has 2 heterocycles. The van der Waals surface area contributed by atoms with E-state index in [1.54, 1.807) is 25.6 Å². The van der Waals surface area contributed by atoms with E-state index in [2.05, 4.69) is 40.2 Å². The summed E-state index contributed by atoms with van der Waals surface area (Å²) in [7, 11) is 3.30. The summed E-state index contributed by atoms with van der Waals surface area (Å²) in [6.07, 6.45) is 0. The topological polar surface area (TPSA) is 48.2 Å². The van der Waals surface area contributed by atoms with Gasteiger partial charge in [0, 0.05) is 10.9 Å². The average Bonchev–Trinajstić information content (AvgIpc) is 3.19. The van der Waals surface area contributed by atoms with Gasteiger partial charge >= 0.3 is 0 Å². The van der Waals surface area contributed by atoms with E-state index in [-0.39, 0.29) is 0 Å². The number of rotatable bonds is 5. The van der Waals surface area contributed by atoms with Crippen molar-refractivity contribution in [3.63, 3.8) is 0 Å². The third-order valence-corrected chi connectivity index (χ3v) is 5.78. The van der Waals surface area contributed by atoms with Crippen molar-refractivity contribution in [1.29, 1.82) is 0 Å². The third-order valence-electron chi connectivity index (χ3n) is 4.97. The molecule has 1 fully saturated rings. The molecule has 152 valence electrons. The van der Waals surface area contributed by atoms with Crippen LogP contribution in [0, 0.1) is 6.92 Å². The Labute approximate surface area is 174 Å². The summed E-state index contributed by atoms with van der Waals surface area (Å²) in [6, 6.07) is 14.2. The molecular formula is C22H25N3O3S. The largest absolute Gasteiger partial charge is 0.493 e. The zero-order chi connectivity index (χ0) is 20.2. The molecule has 3 aromatic rings. The van der Waals surface area contributed by atoms with Crippen LogP contribution >= 0.6 is 11.3 Å². The monoisotopic (exact) mass is 411 g/mol. The normalized spacial score (nSPS) is 14.9. The first-order valence-electron chi connectivity index (χ1n) is 9.57. The molecule has 0 spiro atoms. The smallest absolute Gasteiger partial charge is 0.209 e. The van der Waals surface area contributed by atoms with Gasteiger partial charge in [-0.25, -0.2) is 9.67 Å². The minimum atomic E-state index is 0.706. The Balaban J connectivity index is 1.87. The second-order valence-electron chi connectivity index (χ2n) is 6.75. The van der Waals surface area contributed by atoms with Crippen molar-refractivity contribution < 1.29 is 14.2 Å². The van der Waals surface area contributed by atoms with Crippen LogP contribution in [0.1, 0.15) is 5.56 Å². The molecule has 0 radical (unpaired) electrons. The predicted molar refractivity (Wildman–Crippen MR) is 116 cm³/mol. The number of hydrogen-bond acceptors (Lipinski definition) is 6. The number of hydrogen-bond donors (Lipinski definition) is 0.